The number of nitrogens with zero attached hydrogens (tertiary/aromatic N) is 2. The number of rotatable bonds is 1. The maximum atomic E-state index is 12.1. The van der Waals surface area contributed by atoms with Gasteiger partial charge in [0.05, 0.1) is 6.04 Å². The second-order valence-corrected chi connectivity index (χ2v) is 5.29. The highest BCUT2D eigenvalue weighted by molar-refractivity contribution is 5.70. The van der Waals surface area contributed by atoms with Crippen LogP contribution in [0.2, 0.25) is 0 Å². The zero-order valence-electron chi connectivity index (χ0n) is 11.0. The summed E-state index contributed by atoms with van der Waals surface area (Å²) in [6.07, 6.45) is 7.17. The third kappa shape index (κ3) is 2.88. The fourth-order valence-corrected chi connectivity index (χ4v) is 1.88. The number of hydrogen-bond acceptors (Lipinski definition) is 3. The molecule has 1 amide bonds. The van der Waals surface area contributed by atoms with Crippen molar-refractivity contribution < 1.29 is 9.53 Å². The van der Waals surface area contributed by atoms with Crippen LogP contribution < -0.4 is 0 Å². The molecule has 1 aromatic heterocycles. The molecule has 0 radical (unpaired) electrons. The van der Waals surface area contributed by atoms with E-state index in [0.717, 1.165) is 5.56 Å². The molecule has 18 heavy (non-hydrogen) atoms. The van der Waals surface area contributed by atoms with Crippen molar-refractivity contribution >= 4 is 6.09 Å². The van der Waals surface area contributed by atoms with E-state index < -0.39 is 5.60 Å². The highest BCUT2D eigenvalue weighted by atomic mass is 16.6. The van der Waals surface area contributed by atoms with Crippen LogP contribution in [0, 0.1) is 0 Å². The Labute approximate surface area is 107 Å². The van der Waals surface area contributed by atoms with E-state index in [4.69, 9.17) is 4.74 Å². The minimum Gasteiger partial charge on any atom is -0.444 e. The first kappa shape index (κ1) is 12.6. The molecule has 0 spiro atoms. The van der Waals surface area contributed by atoms with Gasteiger partial charge < -0.3 is 4.74 Å². The molecule has 0 aliphatic carbocycles. The van der Waals surface area contributed by atoms with E-state index in [0.29, 0.717) is 6.54 Å². The van der Waals surface area contributed by atoms with Crippen molar-refractivity contribution in [3.63, 3.8) is 0 Å². The number of aromatic nitrogens is 1. The van der Waals surface area contributed by atoms with E-state index in [1.807, 2.05) is 45.1 Å². The van der Waals surface area contributed by atoms with Gasteiger partial charge in [-0.2, -0.15) is 0 Å². The lowest BCUT2D eigenvalue weighted by molar-refractivity contribution is 0.0240. The molecular weight excluding hydrogens is 228 g/mol. The molecule has 1 atom stereocenters. The summed E-state index contributed by atoms with van der Waals surface area (Å²) >= 11 is 0. The van der Waals surface area contributed by atoms with Crippen LogP contribution in [-0.4, -0.2) is 28.1 Å². The number of amides is 1. The van der Waals surface area contributed by atoms with Crippen LogP contribution in [0.1, 0.15) is 32.4 Å². The Morgan fingerprint density at radius 3 is 2.67 bits per heavy atom. The summed E-state index contributed by atoms with van der Waals surface area (Å²) in [6.45, 7) is 6.20. The maximum absolute atomic E-state index is 12.1. The Hall–Kier alpha value is -1.84. The fourth-order valence-electron chi connectivity index (χ4n) is 1.88. The SMILES string of the molecule is CC(C)(C)OC(=O)N1CC=CC1c1ccncc1. The van der Waals surface area contributed by atoms with Crippen molar-refractivity contribution in [1.82, 2.24) is 9.88 Å². The van der Waals surface area contributed by atoms with E-state index >= 15 is 0 Å². The lowest BCUT2D eigenvalue weighted by Gasteiger charge is -2.28. The lowest BCUT2D eigenvalue weighted by atomic mass is 10.1. The largest absolute Gasteiger partial charge is 0.444 e. The molecule has 0 bridgehead atoms. The molecule has 1 aliphatic rings. The Balaban J connectivity index is 2.13. The van der Waals surface area contributed by atoms with Crippen LogP contribution in [0.3, 0.4) is 0 Å². The van der Waals surface area contributed by atoms with E-state index in [1.165, 1.54) is 0 Å². The quantitative estimate of drug-likeness (QED) is 0.715. The molecule has 4 heteroatoms. The van der Waals surface area contributed by atoms with Crippen LogP contribution in [-0.2, 0) is 4.74 Å². The summed E-state index contributed by atoms with van der Waals surface area (Å²) in [7, 11) is 0. The molecule has 0 saturated heterocycles. The Morgan fingerprint density at radius 2 is 2.06 bits per heavy atom. The molecular formula is C14H18N2O2. The Bertz CT molecular complexity index is 449. The smallest absolute Gasteiger partial charge is 0.411 e. The van der Waals surface area contributed by atoms with Crippen molar-refractivity contribution in [3.05, 3.63) is 42.2 Å². The molecule has 96 valence electrons. The van der Waals surface area contributed by atoms with Gasteiger partial charge in [-0.05, 0) is 38.5 Å². The molecule has 1 aliphatic heterocycles. The first-order valence-corrected chi connectivity index (χ1v) is 6.03. The predicted molar refractivity (Wildman–Crippen MR) is 69.1 cm³/mol. The summed E-state index contributed by atoms with van der Waals surface area (Å²) in [6, 6.07) is 3.78. The van der Waals surface area contributed by atoms with E-state index in [9.17, 15) is 4.79 Å². The van der Waals surface area contributed by atoms with Crippen LogP contribution in [0.5, 0.6) is 0 Å². The van der Waals surface area contributed by atoms with Gasteiger partial charge >= 0.3 is 6.09 Å². The monoisotopic (exact) mass is 246 g/mol. The summed E-state index contributed by atoms with van der Waals surface area (Å²) in [5.74, 6) is 0. The lowest BCUT2D eigenvalue weighted by Crippen LogP contribution is -2.36. The van der Waals surface area contributed by atoms with Gasteiger partial charge in [0, 0.05) is 18.9 Å². The Kier molecular flexibility index (Phi) is 3.36. The minimum atomic E-state index is -0.470. The fraction of sp³-hybridized carbons (Fsp3) is 0.429. The van der Waals surface area contributed by atoms with Crippen molar-refractivity contribution in [1.29, 1.82) is 0 Å². The normalized spacial score (nSPS) is 19.1. The van der Waals surface area contributed by atoms with Crippen LogP contribution in [0.25, 0.3) is 0 Å². The van der Waals surface area contributed by atoms with Crippen molar-refractivity contribution in [2.75, 3.05) is 6.54 Å². The van der Waals surface area contributed by atoms with Gasteiger partial charge in [0.2, 0.25) is 0 Å². The number of pyridine rings is 1. The molecule has 0 aromatic carbocycles. The number of carbonyl (C=O) groups is 1. The molecule has 1 aromatic rings. The first-order valence-electron chi connectivity index (χ1n) is 6.03. The number of ether oxygens (including phenoxy) is 1. The standard InChI is InChI=1S/C14H18N2O2/c1-14(2,3)18-13(17)16-10-4-5-12(16)11-6-8-15-9-7-11/h4-9,12H,10H2,1-3H3. The van der Waals surface area contributed by atoms with Crippen LogP contribution in [0.15, 0.2) is 36.7 Å². The second kappa shape index (κ2) is 4.80. The molecule has 0 saturated carbocycles. The topological polar surface area (TPSA) is 42.4 Å². The molecule has 0 N–H and O–H groups in total. The van der Waals surface area contributed by atoms with Gasteiger partial charge in [-0.3, -0.25) is 9.88 Å². The summed E-state index contributed by atoms with van der Waals surface area (Å²) in [4.78, 5) is 17.8. The average Bonchev–Trinajstić information content (AvgIpc) is 2.76. The van der Waals surface area contributed by atoms with Crippen molar-refractivity contribution in [2.24, 2.45) is 0 Å². The van der Waals surface area contributed by atoms with Crippen LogP contribution in [0.4, 0.5) is 4.79 Å². The molecule has 0 fully saturated rings. The Morgan fingerprint density at radius 1 is 1.39 bits per heavy atom. The maximum Gasteiger partial charge on any atom is 0.411 e. The van der Waals surface area contributed by atoms with Gasteiger partial charge in [-0.15, -0.1) is 0 Å². The van der Waals surface area contributed by atoms with E-state index in [-0.39, 0.29) is 12.1 Å². The summed E-state index contributed by atoms with van der Waals surface area (Å²) in [5.41, 5.74) is 0.576. The molecule has 1 unspecified atom stereocenters. The average molecular weight is 246 g/mol. The minimum absolute atomic E-state index is 0.0529. The second-order valence-electron chi connectivity index (χ2n) is 5.29. The predicted octanol–water partition coefficient (Wildman–Crippen LogP) is 2.93. The third-order valence-corrected chi connectivity index (χ3v) is 2.63. The zero-order valence-corrected chi connectivity index (χ0v) is 11.0. The van der Waals surface area contributed by atoms with Gasteiger partial charge in [0.15, 0.2) is 0 Å². The summed E-state index contributed by atoms with van der Waals surface area (Å²) in [5, 5.41) is 0. The van der Waals surface area contributed by atoms with E-state index in [2.05, 4.69) is 4.98 Å². The van der Waals surface area contributed by atoms with Gasteiger partial charge in [0.1, 0.15) is 5.60 Å². The van der Waals surface area contributed by atoms with Gasteiger partial charge in [-0.1, -0.05) is 12.2 Å². The number of hydrogen-bond donors (Lipinski definition) is 0. The van der Waals surface area contributed by atoms with Crippen LogP contribution >= 0.6 is 0 Å². The first-order chi connectivity index (χ1) is 8.47. The van der Waals surface area contributed by atoms with Crippen molar-refractivity contribution in [3.8, 4) is 0 Å². The third-order valence-electron chi connectivity index (χ3n) is 2.63. The highest BCUT2D eigenvalue weighted by Gasteiger charge is 2.29. The zero-order chi connectivity index (χ0) is 13.2. The summed E-state index contributed by atoms with van der Waals surface area (Å²) < 4.78 is 5.40. The van der Waals surface area contributed by atoms with Gasteiger partial charge in [0.25, 0.3) is 0 Å². The molecule has 4 nitrogen and oxygen atoms in total. The highest BCUT2D eigenvalue weighted by Crippen LogP contribution is 2.27. The van der Waals surface area contributed by atoms with Gasteiger partial charge in [-0.25, -0.2) is 4.79 Å². The molecule has 2 heterocycles. The number of carbonyl (C=O) groups excluding carboxylic acids is 1. The van der Waals surface area contributed by atoms with Crippen molar-refractivity contribution in [2.45, 2.75) is 32.4 Å². The van der Waals surface area contributed by atoms with E-state index in [1.54, 1.807) is 17.3 Å². The molecule has 2 rings (SSSR count).